The first-order chi connectivity index (χ1) is 9.97. The van der Waals surface area contributed by atoms with Gasteiger partial charge in [-0.25, -0.2) is 8.78 Å². The molecule has 112 valence electrons. The van der Waals surface area contributed by atoms with E-state index in [2.05, 4.69) is 15.9 Å². The first kappa shape index (κ1) is 16.0. The third-order valence-corrected chi connectivity index (χ3v) is 3.96. The number of rotatable bonds is 4. The van der Waals surface area contributed by atoms with Gasteiger partial charge in [0.25, 0.3) is 0 Å². The highest BCUT2D eigenvalue weighted by molar-refractivity contribution is 9.10. The molecule has 2 rings (SSSR count). The third-order valence-electron chi connectivity index (χ3n) is 3.01. The molecule has 1 unspecified atom stereocenters. The summed E-state index contributed by atoms with van der Waals surface area (Å²) >= 11 is 9.56. The summed E-state index contributed by atoms with van der Waals surface area (Å²) in [5.74, 6) is -0.993. The van der Waals surface area contributed by atoms with Gasteiger partial charge in [-0.3, -0.25) is 0 Å². The van der Waals surface area contributed by atoms with Gasteiger partial charge < -0.3 is 9.47 Å². The fourth-order valence-electron chi connectivity index (χ4n) is 1.97. The minimum atomic E-state index is -1.01. The number of ether oxygens (including phenoxy) is 2. The predicted molar refractivity (Wildman–Crippen MR) is 81.3 cm³/mol. The van der Waals surface area contributed by atoms with Crippen LogP contribution in [-0.4, -0.2) is 14.2 Å². The second-order valence-electron chi connectivity index (χ2n) is 4.25. The molecule has 0 aliphatic carbocycles. The molecule has 0 aromatic heterocycles. The second kappa shape index (κ2) is 6.62. The zero-order chi connectivity index (χ0) is 15.6. The number of methoxy groups -OCH3 is 2. The molecule has 2 aromatic carbocycles. The number of alkyl halides is 1. The van der Waals surface area contributed by atoms with Crippen LogP contribution in [0, 0.1) is 11.6 Å². The lowest BCUT2D eigenvalue weighted by molar-refractivity contribution is 0.403. The van der Waals surface area contributed by atoms with E-state index in [1.165, 1.54) is 14.2 Å². The lowest BCUT2D eigenvalue weighted by atomic mass is 10.0. The summed E-state index contributed by atoms with van der Waals surface area (Å²) in [6.07, 6.45) is 0. The van der Waals surface area contributed by atoms with Crippen molar-refractivity contribution in [3.63, 3.8) is 0 Å². The van der Waals surface area contributed by atoms with Crippen LogP contribution in [0.4, 0.5) is 8.78 Å². The summed E-state index contributed by atoms with van der Waals surface area (Å²) in [5, 5.41) is -1.01. The van der Waals surface area contributed by atoms with E-state index in [1.807, 2.05) is 0 Å². The summed E-state index contributed by atoms with van der Waals surface area (Å²) in [4.78, 5) is 0. The summed E-state index contributed by atoms with van der Waals surface area (Å²) in [7, 11) is 2.80. The molecule has 0 fully saturated rings. The van der Waals surface area contributed by atoms with Gasteiger partial charge in [0.15, 0.2) is 0 Å². The molecule has 6 heteroatoms. The summed E-state index contributed by atoms with van der Waals surface area (Å²) in [5.41, 5.74) is 0.239. The van der Waals surface area contributed by atoms with E-state index in [1.54, 1.807) is 18.2 Å². The fraction of sp³-hybridized carbons (Fsp3) is 0.200. The Morgan fingerprint density at radius 3 is 2.19 bits per heavy atom. The molecule has 0 bridgehead atoms. The predicted octanol–water partition coefficient (Wildman–Crippen LogP) is 5.07. The van der Waals surface area contributed by atoms with E-state index < -0.39 is 17.0 Å². The van der Waals surface area contributed by atoms with E-state index in [-0.39, 0.29) is 11.3 Å². The van der Waals surface area contributed by atoms with Crippen molar-refractivity contribution in [2.24, 2.45) is 0 Å². The number of benzene rings is 2. The van der Waals surface area contributed by atoms with Gasteiger partial charge in [-0.15, -0.1) is 11.6 Å². The Morgan fingerprint density at radius 2 is 1.67 bits per heavy atom. The van der Waals surface area contributed by atoms with Crippen LogP contribution >= 0.6 is 27.5 Å². The molecule has 2 aromatic rings. The van der Waals surface area contributed by atoms with Crippen molar-refractivity contribution < 1.29 is 18.3 Å². The van der Waals surface area contributed by atoms with Crippen molar-refractivity contribution in [3.05, 3.63) is 57.6 Å². The molecular formula is C15H12BrClF2O2. The highest BCUT2D eigenvalue weighted by Crippen LogP contribution is 2.39. The van der Waals surface area contributed by atoms with Gasteiger partial charge in [0, 0.05) is 27.7 Å². The summed E-state index contributed by atoms with van der Waals surface area (Å²) in [6, 6.07) is 7.26. The van der Waals surface area contributed by atoms with Crippen molar-refractivity contribution in [1.82, 2.24) is 0 Å². The molecule has 21 heavy (non-hydrogen) atoms. The van der Waals surface area contributed by atoms with E-state index in [0.717, 1.165) is 16.6 Å². The van der Waals surface area contributed by atoms with Crippen LogP contribution in [0.15, 0.2) is 34.8 Å². The van der Waals surface area contributed by atoms with Gasteiger partial charge in [0.05, 0.1) is 19.6 Å². The molecule has 0 N–H and O–H groups in total. The molecule has 2 nitrogen and oxygen atoms in total. The van der Waals surface area contributed by atoms with Crippen LogP contribution in [0.3, 0.4) is 0 Å². The molecule has 1 atom stereocenters. The Hall–Kier alpha value is -1.33. The quantitative estimate of drug-likeness (QED) is 0.692. The van der Waals surface area contributed by atoms with E-state index in [4.69, 9.17) is 21.1 Å². The van der Waals surface area contributed by atoms with Crippen LogP contribution in [0.25, 0.3) is 0 Å². The molecule has 0 aliphatic heterocycles. The summed E-state index contributed by atoms with van der Waals surface area (Å²) in [6.45, 7) is 0. The monoisotopic (exact) mass is 376 g/mol. The molecule has 0 amide bonds. The molecule has 0 spiro atoms. The number of hydrogen-bond acceptors (Lipinski definition) is 2. The second-order valence-corrected chi connectivity index (χ2v) is 5.61. The standard InChI is InChI=1S/C15H12BrClF2O2/c1-20-9-6-11(18)14(12(19)7-9)15(17)10-4-3-8(16)5-13(10)21-2/h3-7,15H,1-2H3. The number of halogens is 4. The molecular weight excluding hydrogens is 366 g/mol. The Morgan fingerprint density at radius 1 is 1.05 bits per heavy atom. The van der Waals surface area contributed by atoms with Gasteiger partial charge in [-0.05, 0) is 12.1 Å². The Kier molecular flexibility index (Phi) is 5.06. The zero-order valence-electron chi connectivity index (χ0n) is 11.3. The maximum Gasteiger partial charge on any atom is 0.134 e. The fourth-order valence-corrected chi connectivity index (χ4v) is 2.70. The van der Waals surface area contributed by atoms with Crippen LogP contribution in [-0.2, 0) is 0 Å². The number of hydrogen-bond donors (Lipinski definition) is 0. The van der Waals surface area contributed by atoms with Crippen molar-refractivity contribution in [2.45, 2.75) is 5.38 Å². The first-order valence-corrected chi connectivity index (χ1v) is 7.21. The molecule has 0 saturated carbocycles. The van der Waals surface area contributed by atoms with E-state index >= 15 is 0 Å². The van der Waals surface area contributed by atoms with Crippen LogP contribution in [0.1, 0.15) is 16.5 Å². The molecule has 0 saturated heterocycles. The molecule has 0 aliphatic rings. The third kappa shape index (κ3) is 3.30. The van der Waals surface area contributed by atoms with E-state index in [0.29, 0.717) is 11.3 Å². The highest BCUT2D eigenvalue weighted by atomic mass is 79.9. The Balaban J connectivity index is 2.52. The highest BCUT2D eigenvalue weighted by Gasteiger charge is 2.24. The van der Waals surface area contributed by atoms with Crippen molar-refractivity contribution in [2.75, 3.05) is 14.2 Å². The van der Waals surface area contributed by atoms with Crippen LogP contribution in [0.2, 0.25) is 0 Å². The Labute approximate surface area is 134 Å². The average Bonchev–Trinajstić information content (AvgIpc) is 2.45. The molecule has 0 radical (unpaired) electrons. The van der Waals surface area contributed by atoms with Gasteiger partial charge in [-0.1, -0.05) is 22.0 Å². The first-order valence-electron chi connectivity index (χ1n) is 5.98. The topological polar surface area (TPSA) is 18.5 Å². The lowest BCUT2D eigenvalue weighted by Gasteiger charge is -2.16. The van der Waals surface area contributed by atoms with Crippen molar-refractivity contribution in [1.29, 1.82) is 0 Å². The van der Waals surface area contributed by atoms with Gasteiger partial charge >= 0.3 is 0 Å². The maximum absolute atomic E-state index is 14.1. The largest absolute Gasteiger partial charge is 0.497 e. The zero-order valence-corrected chi connectivity index (χ0v) is 13.6. The SMILES string of the molecule is COc1cc(F)c(C(Cl)c2ccc(Br)cc2OC)c(F)c1. The van der Waals surface area contributed by atoms with Crippen molar-refractivity contribution in [3.8, 4) is 11.5 Å². The van der Waals surface area contributed by atoms with Gasteiger partial charge in [0.1, 0.15) is 23.1 Å². The van der Waals surface area contributed by atoms with Gasteiger partial charge in [-0.2, -0.15) is 0 Å². The smallest absolute Gasteiger partial charge is 0.134 e. The van der Waals surface area contributed by atoms with Crippen LogP contribution < -0.4 is 9.47 Å². The minimum Gasteiger partial charge on any atom is -0.497 e. The molecule has 0 heterocycles. The average molecular weight is 378 g/mol. The normalized spacial score (nSPS) is 12.1. The summed E-state index contributed by atoms with van der Waals surface area (Å²) < 4.78 is 39.0. The van der Waals surface area contributed by atoms with E-state index in [9.17, 15) is 8.78 Å². The Bertz CT molecular complexity index is 641. The van der Waals surface area contributed by atoms with Gasteiger partial charge in [0.2, 0.25) is 0 Å². The van der Waals surface area contributed by atoms with Crippen molar-refractivity contribution >= 4 is 27.5 Å². The lowest BCUT2D eigenvalue weighted by Crippen LogP contribution is -2.04. The maximum atomic E-state index is 14.1. The van der Waals surface area contributed by atoms with Crippen LogP contribution in [0.5, 0.6) is 11.5 Å². The minimum absolute atomic E-state index is 0.0976.